The predicted molar refractivity (Wildman–Crippen MR) is 121 cm³/mol. The Bertz CT molecular complexity index is 1870. The van der Waals surface area contributed by atoms with Gasteiger partial charge in [0, 0.05) is 0 Å². The highest BCUT2D eigenvalue weighted by Crippen LogP contribution is 2.69. The van der Waals surface area contributed by atoms with Gasteiger partial charge in [-0.1, -0.05) is 0 Å². The van der Waals surface area contributed by atoms with E-state index >= 15 is 0 Å². The molecule has 0 aliphatic rings. The molecule has 0 radical (unpaired) electrons. The van der Waals surface area contributed by atoms with Crippen LogP contribution in [-0.2, 0) is 4.74 Å². The van der Waals surface area contributed by atoms with Gasteiger partial charge in [0.15, 0.2) is 0 Å². The Hall–Kier alpha value is -3.94. The van der Waals surface area contributed by atoms with Gasteiger partial charge in [0.05, 0.1) is 0 Å². The van der Waals surface area contributed by atoms with Crippen molar-refractivity contribution in [2.45, 2.75) is 119 Å². The van der Waals surface area contributed by atoms with Gasteiger partial charge in [-0.2, -0.15) is 202 Å². The topological polar surface area (TPSA) is 9.23 Å². The van der Waals surface area contributed by atoms with Gasteiger partial charge in [-0.15, -0.1) is 0 Å². The van der Waals surface area contributed by atoms with Crippen molar-refractivity contribution in [3.8, 4) is 0 Å². The molecule has 424 valence electrons. The summed E-state index contributed by atoms with van der Waals surface area (Å²) in [7, 11) is 0. The van der Waals surface area contributed by atoms with Crippen LogP contribution >= 0.6 is 0 Å². The van der Waals surface area contributed by atoms with Gasteiger partial charge in [0.1, 0.15) is 0 Å². The predicted octanol–water partition coefficient (Wildman–Crippen LogP) is 15.8. The number of halogens is 46. The maximum absolute atomic E-state index is 13.9. The maximum Gasteiger partial charge on any atom is 0.460 e. The zero-order valence-corrected chi connectivity index (χ0v) is 29.8. The summed E-state index contributed by atoms with van der Waals surface area (Å²) in [6.07, 6.45) is -16.9. The Morgan fingerprint density at radius 1 is 0.169 bits per heavy atom. The van der Waals surface area contributed by atoms with Gasteiger partial charge in [-0.3, -0.25) is 0 Å². The molecule has 0 saturated heterocycles. The minimum Gasteiger partial charge on any atom is -0.400 e. The molecule has 0 aliphatic heterocycles. The quantitative estimate of drug-likeness (QED) is 0.0872. The minimum atomic E-state index is -10.1. The van der Waals surface area contributed by atoms with Gasteiger partial charge >= 0.3 is 131 Å². The maximum atomic E-state index is 13.9. The first-order valence-electron chi connectivity index (χ1n) is 14.6. The molecule has 0 unspecified atom stereocenters. The second kappa shape index (κ2) is 16.8. The molecule has 0 rings (SSSR count). The van der Waals surface area contributed by atoms with E-state index in [1.54, 1.807) is 0 Å². The number of allylic oxidation sites excluding steroid dienone is 2. The molecule has 0 aliphatic carbocycles. The Balaban J connectivity index is 7.71. The molecular formula is C24F46O. The van der Waals surface area contributed by atoms with Crippen molar-refractivity contribution in [2.75, 3.05) is 0 Å². The molecular weight excluding hydrogens is 1180 g/mol. The standard InChI is InChI=1S/C24F46O/c25-1(5(29,30)7(33,34)9(37,38)11(41,42)13(45,46)15(49,50)17(53,54)19(57,58)21(61,62)23(65,66)67)3(27)71-4(28)2(26)6(31,32)8(35,36)10(39,40)12(43,44)14(47,48)16(51,52)18(55,56)20(59,60)22(63,64)24(68,69)70. The average molecular weight is 1180 g/mol. The van der Waals surface area contributed by atoms with Crippen molar-refractivity contribution in [1.82, 2.24) is 0 Å². The van der Waals surface area contributed by atoms with Crippen LogP contribution in [0.15, 0.2) is 23.7 Å². The largest absolute Gasteiger partial charge is 0.460 e. The van der Waals surface area contributed by atoms with Crippen LogP contribution in [-0.4, -0.2) is 119 Å². The second-order valence-electron chi connectivity index (χ2n) is 12.6. The number of ether oxygens (including phenoxy) is 1. The summed E-state index contributed by atoms with van der Waals surface area (Å²) in [5.74, 6) is -187. The zero-order valence-electron chi connectivity index (χ0n) is 29.8. The highest BCUT2D eigenvalue weighted by atomic mass is 19.5. The Labute approximate surface area is 350 Å². The van der Waals surface area contributed by atoms with Gasteiger partial charge in [-0.05, 0) is 0 Å². The Kier molecular flexibility index (Phi) is 15.9. The zero-order chi connectivity index (χ0) is 59.0. The van der Waals surface area contributed by atoms with Crippen LogP contribution in [0.2, 0.25) is 0 Å². The summed E-state index contributed by atoms with van der Waals surface area (Å²) in [5.41, 5.74) is 0. The van der Waals surface area contributed by atoms with Crippen LogP contribution in [0.1, 0.15) is 0 Å². The lowest BCUT2D eigenvalue weighted by Crippen LogP contribution is -2.76. The van der Waals surface area contributed by atoms with Crippen LogP contribution in [0.5, 0.6) is 0 Å². The summed E-state index contributed by atoms with van der Waals surface area (Å²) < 4.78 is 618. The lowest BCUT2D eigenvalue weighted by molar-refractivity contribution is -0.473. The summed E-state index contributed by atoms with van der Waals surface area (Å²) in [6.45, 7) is 0. The van der Waals surface area contributed by atoms with Crippen molar-refractivity contribution in [3.63, 3.8) is 0 Å². The van der Waals surface area contributed by atoms with Crippen LogP contribution in [0.4, 0.5) is 202 Å². The lowest BCUT2D eigenvalue weighted by Gasteiger charge is -2.44. The van der Waals surface area contributed by atoms with E-state index in [1.165, 1.54) is 4.74 Å². The molecule has 0 amide bonds. The van der Waals surface area contributed by atoms with E-state index in [0.29, 0.717) is 0 Å². The first-order valence-corrected chi connectivity index (χ1v) is 14.6. The summed E-state index contributed by atoms with van der Waals surface area (Å²) in [4.78, 5) is 0. The molecule has 0 saturated carbocycles. The number of alkyl halides is 42. The number of hydrogen-bond acceptors (Lipinski definition) is 1. The first kappa shape index (κ1) is 67.1. The first-order chi connectivity index (χ1) is 29.9. The van der Waals surface area contributed by atoms with E-state index in [4.69, 9.17) is 0 Å². The van der Waals surface area contributed by atoms with E-state index in [0.717, 1.165) is 0 Å². The van der Waals surface area contributed by atoms with E-state index in [1.807, 2.05) is 0 Å². The highest BCUT2D eigenvalue weighted by Gasteiger charge is 3.00. The SMILES string of the molecule is FC(OC(F)=C(F)C(F)(F)C(F)(F)C(F)(F)C(F)(F)C(F)(F)C(F)(F)C(F)(F)C(F)(F)C(F)(F)C(F)(F)F)=C(F)C(F)(F)C(F)(F)C(F)(F)C(F)(F)C(F)(F)C(F)(F)C(F)(F)C(F)(F)C(F)(F)C(F)(F)F. The molecule has 1 nitrogen and oxygen atoms in total. The minimum absolute atomic E-state index is 1.42. The highest BCUT2D eigenvalue weighted by molar-refractivity contribution is 5.25. The van der Waals surface area contributed by atoms with Crippen LogP contribution in [0, 0.1) is 0 Å². The molecule has 0 aromatic carbocycles. The molecule has 71 heavy (non-hydrogen) atoms. The van der Waals surface area contributed by atoms with Gasteiger partial charge in [-0.25, -0.2) is 0 Å². The molecule has 0 fully saturated rings. The van der Waals surface area contributed by atoms with Crippen LogP contribution < -0.4 is 0 Å². The third-order valence-electron chi connectivity index (χ3n) is 8.10. The smallest absolute Gasteiger partial charge is 0.400 e. The van der Waals surface area contributed by atoms with E-state index in [-0.39, 0.29) is 0 Å². The van der Waals surface area contributed by atoms with Crippen molar-refractivity contribution in [3.05, 3.63) is 23.7 Å². The Morgan fingerprint density at radius 2 is 0.282 bits per heavy atom. The average Bonchev–Trinajstić information content (AvgIpc) is 3.14. The molecule has 47 heteroatoms. The van der Waals surface area contributed by atoms with Gasteiger partial charge in [0.2, 0.25) is 11.7 Å². The second-order valence-corrected chi connectivity index (χ2v) is 12.6. The van der Waals surface area contributed by atoms with E-state index < -0.39 is 143 Å². The third kappa shape index (κ3) is 8.18. The third-order valence-corrected chi connectivity index (χ3v) is 8.10. The summed E-state index contributed by atoms with van der Waals surface area (Å²) >= 11 is 0. The molecule has 0 atom stereocenters. The summed E-state index contributed by atoms with van der Waals surface area (Å²) in [6, 6.07) is -11.5. The fourth-order valence-electron chi connectivity index (χ4n) is 3.81. The van der Waals surface area contributed by atoms with E-state index in [9.17, 15) is 202 Å². The molecule has 0 spiro atoms. The fourth-order valence-corrected chi connectivity index (χ4v) is 3.81. The Morgan fingerprint density at radius 3 is 0.408 bits per heavy atom. The fraction of sp³-hybridized carbons (Fsp3) is 0.833. The van der Waals surface area contributed by atoms with Crippen molar-refractivity contribution in [2.24, 2.45) is 0 Å². The molecule has 0 heterocycles. The van der Waals surface area contributed by atoms with Gasteiger partial charge in [0.25, 0.3) is 0 Å². The van der Waals surface area contributed by atoms with Gasteiger partial charge < -0.3 is 4.74 Å². The normalized spacial score (nSPS) is 17.6. The molecule has 0 bridgehead atoms. The molecule has 0 aromatic heterocycles. The molecule has 0 N–H and O–H groups in total. The van der Waals surface area contributed by atoms with E-state index in [2.05, 4.69) is 0 Å². The van der Waals surface area contributed by atoms with Crippen molar-refractivity contribution < 1.29 is 207 Å². The summed E-state index contributed by atoms with van der Waals surface area (Å²) in [5, 5.41) is 0. The number of rotatable bonds is 20. The van der Waals surface area contributed by atoms with Crippen molar-refractivity contribution >= 4 is 0 Å². The van der Waals surface area contributed by atoms with Crippen LogP contribution in [0.25, 0.3) is 0 Å². The monoisotopic (exact) mass is 1180 g/mol. The van der Waals surface area contributed by atoms with Crippen LogP contribution in [0.3, 0.4) is 0 Å². The lowest BCUT2D eigenvalue weighted by atomic mass is 9.86. The van der Waals surface area contributed by atoms with Crippen molar-refractivity contribution in [1.29, 1.82) is 0 Å². The molecule has 0 aromatic rings. The number of hydrogen-bond donors (Lipinski definition) is 0.